The van der Waals surface area contributed by atoms with Gasteiger partial charge in [0, 0.05) is 64.9 Å². The second kappa shape index (κ2) is 8.88. The molecule has 0 amide bonds. The van der Waals surface area contributed by atoms with Crippen molar-refractivity contribution in [2.75, 3.05) is 48.8 Å². The van der Waals surface area contributed by atoms with Gasteiger partial charge in [0.2, 0.25) is 0 Å². The van der Waals surface area contributed by atoms with Crippen LogP contribution in [0.2, 0.25) is 0 Å². The van der Waals surface area contributed by atoms with E-state index in [0.29, 0.717) is 61.9 Å². The van der Waals surface area contributed by atoms with Crippen molar-refractivity contribution in [1.29, 1.82) is 0 Å². The Bertz CT molecular complexity index is 1240. The Morgan fingerprint density at radius 3 is 2.68 bits per heavy atom. The molecular weight excluding hydrogens is 456 g/mol. The number of anilines is 2. The van der Waals surface area contributed by atoms with Gasteiger partial charge in [-0.15, -0.1) is 0 Å². The van der Waals surface area contributed by atoms with Crippen LogP contribution in [0.15, 0.2) is 53.4 Å². The number of ether oxygens (including phenoxy) is 1. The summed E-state index contributed by atoms with van der Waals surface area (Å²) >= 11 is 0. The zero-order valence-electron chi connectivity index (χ0n) is 18.6. The van der Waals surface area contributed by atoms with E-state index in [1.807, 2.05) is 30.3 Å². The standard InChI is InChI=1S/C24H28N4O5S/c25-12-23(14-33-15-23)13-26-20-10-22(27-19-6-5-17(9-18(19)20)24(29,30)31)28-7-8-34(32)21-4-2-1-3-16(21)11-28/h1-6,9-10,29-31H,7-8,11-15,25H2,(H,26,27). The zero-order chi connectivity index (χ0) is 23.9. The Labute approximate surface area is 199 Å². The lowest BCUT2D eigenvalue weighted by molar-refractivity contribution is -0.323. The number of nitrogens with one attached hydrogen (secondary N) is 1. The van der Waals surface area contributed by atoms with Crippen LogP contribution in [-0.2, 0) is 28.1 Å². The normalized spacial score (nSPS) is 19.9. The van der Waals surface area contributed by atoms with Gasteiger partial charge >= 0.3 is 5.97 Å². The van der Waals surface area contributed by atoms with Crippen LogP contribution >= 0.6 is 0 Å². The average molecular weight is 485 g/mol. The number of rotatable bonds is 6. The van der Waals surface area contributed by atoms with Crippen LogP contribution in [0, 0.1) is 5.41 Å². The molecule has 2 aliphatic rings. The highest BCUT2D eigenvalue weighted by Gasteiger charge is 2.37. The maximum atomic E-state index is 12.7. The Kier molecular flexibility index (Phi) is 6.05. The van der Waals surface area contributed by atoms with Crippen molar-refractivity contribution >= 4 is 33.2 Å². The lowest BCUT2D eigenvalue weighted by Crippen LogP contribution is -2.52. The first kappa shape index (κ1) is 23.2. The SMILES string of the molecule is NCC1(CNc2cc(N3CCS(=O)c4ccccc4C3)nc3ccc(C(O)(O)O)cc23)COC1. The van der Waals surface area contributed by atoms with Crippen LogP contribution in [0.25, 0.3) is 10.9 Å². The number of aliphatic hydroxyl groups is 3. The van der Waals surface area contributed by atoms with E-state index in [9.17, 15) is 19.5 Å². The maximum Gasteiger partial charge on any atom is 0.304 e. The number of hydrogen-bond acceptors (Lipinski definition) is 9. The van der Waals surface area contributed by atoms with Crippen LogP contribution in [0.5, 0.6) is 0 Å². The molecule has 1 saturated heterocycles. The molecule has 1 unspecified atom stereocenters. The third kappa shape index (κ3) is 4.40. The minimum Gasteiger partial charge on any atom is -0.384 e. The van der Waals surface area contributed by atoms with E-state index in [4.69, 9.17) is 15.5 Å². The molecule has 9 nitrogen and oxygen atoms in total. The van der Waals surface area contributed by atoms with Crippen molar-refractivity contribution in [2.45, 2.75) is 17.4 Å². The summed E-state index contributed by atoms with van der Waals surface area (Å²) in [7, 11) is -1.08. The summed E-state index contributed by atoms with van der Waals surface area (Å²) in [6.07, 6.45) is 0. The minimum absolute atomic E-state index is 0.0581. The molecule has 34 heavy (non-hydrogen) atoms. The minimum atomic E-state index is -2.96. The number of aromatic nitrogens is 1. The Morgan fingerprint density at radius 2 is 1.97 bits per heavy atom. The molecule has 10 heteroatoms. The van der Waals surface area contributed by atoms with Crippen LogP contribution in [0.4, 0.5) is 11.5 Å². The van der Waals surface area contributed by atoms with Gasteiger partial charge in [0.25, 0.3) is 0 Å². The van der Waals surface area contributed by atoms with Crippen LogP contribution in [0.3, 0.4) is 0 Å². The lowest BCUT2D eigenvalue weighted by atomic mass is 9.86. The van der Waals surface area contributed by atoms with Crippen molar-refractivity contribution in [3.8, 4) is 0 Å². The molecule has 180 valence electrons. The molecule has 1 fully saturated rings. The number of nitrogens with zero attached hydrogens (tertiary/aromatic N) is 2. The number of benzene rings is 2. The highest BCUT2D eigenvalue weighted by molar-refractivity contribution is 7.85. The van der Waals surface area contributed by atoms with E-state index in [1.54, 1.807) is 6.07 Å². The first-order chi connectivity index (χ1) is 16.3. The van der Waals surface area contributed by atoms with Gasteiger partial charge in [0.1, 0.15) is 5.82 Å². The van der Waals surface area contributed by atoms with Crippen molar-refractivity contribution in [2.24, 2.45) is 11.1 Å². The topological polar surface area (TPSA) is 141 Å². The summed E-state index contributed by atoms with van der Waals surface area (Å²) in [4.78, 5) is 7.77. The Balaban J connectivity index is 1.55. The van der Waals surface area contributed by atoms with E-state index >= 15 is 0 Å². The second-order valence-corrected chi connectivity index (χ2v) is 10.6. The maximum absolute atomic E-state index is 12.7. The third-order valence-electron chi connectivity index (χ3n) is 6.54. The van der Waals surface area contributed by atoms with E-state index < -0.39 is 16.8 Å². The molecule has 3 heterocycles. The van der Waals surface area contributed by atoms with E-state index in [0.717, 1.165) is 16.1 Å². The fourth-order valence-corrected chi connectivity index (χ4v) is 5.60. The van der Waals surface area contributed by atoms with Crippen LogP contribution in [0.1, 0.15) is 11.1 Å². The van der Waals surface area contributed by atoms with E-state index in [-0.39, 0.29) is 11.0 Å². The van der Waals surface area contributed by atoms with Crippen molar-refractivity contribution in [3.05, 3.63) is 59.7 Å². The summed E-state index contributed by atoms with van der Waals surface area (Å²) < 4.78 is 18.1. The summed E-state index contributed by atoms with van der Waals surface area (Å²) in [5.74, 6) is -1.75. The highest BCUT2D eigenvalue weighted by atomic mass is 32.2. The molecule has 6 N–H and O–H groups in total. The molecule has 0 saturated carbocycles. The van der Waals surface area contributed by atoms with Crippen LogP contribution in [-0.4, -0.2) is 63.1 Å². The molecule has 0 spiro atoms. The molecule has 0 bridgehead atoms. The number of nitrogens with two attached hydrogens (primary N) is 1. The summed E-state index contributed by atoms with van der Waals surface area (Å²) in [6.45, 7) is 3.33. The van der Waals surface area contributed by atoms with Gasteiger partial charge in [-0.25, -0.2) is 4.98 Å². The van der Waals surface area contributed by atoms with Crippen LogP contribution < -0.4 is 16.0 Å². The molecule has 2 aromatic carbocycles. The molecule has 3 aromatic rings. The molecule has 1 aromatic heterocycles. The zero-order valence-corrected chi connectivity index (χ0v) is 19.4. The number of pyridine rings is 1. The van der Waals surface area contributed by atoms with Crippen molar-refractivity contribution < 1.29 is 24.3 Å². The predicted octanol–water partition coefficient (Wildman–Crippen LogP) is 0.837. The second-order valence-electron chi connectivity index (χ2n) is 9.02. The van der Waals surface area contributed by atoms with Crippen molar-refractivity contribution in [3.63, 3.8) is 0 Å². The van der Waals surface area contributed by atoms with Gasteiger partial charge in [0.05, 0.1) is 29.5 Å². The smallest absolute Gasteiger partial charge is 0.304 e. The number of fused-ring (bicyclic) bond motifs is 2. The first-order valence-corrected chi connectivity index (χ1v) is 12.5. The molecule has 1 atom stereocenters. The van der Waals surface area contributed by atoms with Gasteiger partial charge < -0.3 is 36.0 Å². The van der Waals surface area contributed by atoms with Gasteiger partial charge in [-0.3, -0.25) is 4.21 Å². The molecule has 0 aliphatic carbocycles. The molecular formula is C24H28N4O5S. The van der Waals surface area contributed by atoms with Gasteiger partial charge in [-0.2, -0.15) is 0 Å². The van der Waals surface area contributed by atoms with Crippen molar-refractivity contribution in [1.82, 2.24) is 4.98 Å². The molecule has 5 rings (SSSR count). The van der Waals surface area contributed by atoms with Gasteiger partial charge in [-0.1, -0.05) is 18.2 Å². The van der Waals surface area contributed by atoms with E-state index in [2.05, 4.69) is 10.2 Å². The van der Waals surface area contributed by atoms with Gasteiger partial charge in [-0.05, 0) is 29.8 Å². The third-order valence-corrected chi connectivity index (χ3v) is 7.98. The fraction of sp³-hybridized carbons (Fsp3) is 0.375. The summed E-state index contributed by atoms with van der Waals surface area (Å²) in [5.41, 5.74) is 8.11. The monoisotopic (exact) mass is 484 g/mol. The summed E-state index contributed by atoms with van der Waals surface area (Å²) in [5, 5.41) is 33.2. The Hall–Kier alpha value is -2.60. The highest BCUT2D eigenvalue weighted by Crippen LogP contribution is 2.34. The molecule has 0 radical (unpaired) electrons. The van der Waals surface area contributed by atoms with E-state index in [1.165, 1.54) is 12.1 Å². The summed E-state index contributed by atoms with van der Waals surface area (Å²) in [6, 6.07) is 14.2. The predicted molar refractivity (Wildman–Crippen MR) is 130 cm³/mol. The number of hydrogen-bond donors (Lipinski definition) is 5. The fourth-order valence-electron chi connectivity index (χ4n) is 4.33. The largest absolute Gasteiger partial charge is 0.384 e. The lowest BCUT2D eigenvalue weighted by Gasteiger charge is -2.40. The average Bonchev–Trinajstić information content (AvgIpc) is 2.96. The Morgan fingerprint density at radius 1 is 1.18 bits per heavy atom. The van der Waals surface area contributed by atoms with Gasteiger partial charge in [0.15, 0.2) is 0 Å². The quantitative estimate of drug-likeness (QED) is 0.322. The molecule has 2 aliphatic heterocycles. The first-order valence-electron chi connectivity index (χ1n) is 11.1.